The second-order valence-corrected chi connectivity index (χ2v) is 7.10. The van der Waals surface area contributed by atoms with Crippen LogP contribution in [0.15, 0.2) is 34.1 Å². The summed E-state index contributed by atoms with van der Waals surface area (Å²) in [5.41, 5.74) is 0. The van der Waals surface area contributed by atoms with Crippen LogP contribution >= 0.6 is 35.1 Å². The van der Waals surface area contributed by atoms with E-state index in [0.717, 1.165) is 12.8 Å². The average Bonchev–Trinajstić information content (AvgIpc) is 2.72. The van der Waals surface area contributed by atoms with Crippen LogP contribution in [0.1, 0.15) is 26.7 Å². The maximum absolute atomic E-state index is 6.66. The van der Waals surface area contributed by atoms with Crippen molar-refractivity contribution in [2.24, 2.45) is 0 Å². The van der Waals surface area contributed by atoms with Gasteiger partial charge in [0.1, 0.15) is 0 Å². The average molecular weight is 259 g/mol. The molecule has 1 aromatic rings. The van der Waals surface area contributed by atoms with Crippen LogP contribution in [0.25, 0.3) is 0 Å². The Morgan fingerprint density at radius 1 is 1.13 bits per heavy atom. The van der Waals surface area contributed by atoms with Crippen LogP contribution in [-0.4, -0.2) is 9.46 Å². The molecule has 0 bridgehead atoms. The fourth-order valence-electron chi connectivity index (χ4n) is 1.69. The molecular weight excluding hydrogens is 244 g/mol. The van der Waals surface area contributed by atoms with Crippen molar-refractivity contribution < 1.29 is 0 Å². The number of thioether (sulfide) groups is 2. The second-order valence-electron chi connectivity index (χ2n) is 3.76. The number of fused-ring (bicyclic) bond motifs is 1. The largest absolute Gasteiger partial charge is 0.117 e. The van der Waals surface area contributed by atoms with E-state index in [-0.39, 0.29) is 4.87 Å². The summed E-state index contributed by atoms with van der Waals surface area (Å²) in [4.78, 5) is 2.72. The highest BCUT2D eigenvalue weighted by atomic mass is 35.5. The zero-order valence-corrected chi connectivity index (χ0v) is 11.4. The molecule has 0 nitrogen and oxygen atoms in total. The van der Waals surface area contributed by atoms with E-state index in [4.69, 9.17) is 11.6 Å². The van der Waals surface area contributed by atoms with Crippen molar-refractivity contribution in [1.82, 2.24) is 0 Å². The van der Waals surface area contributed by atoms with E-state index in [9.17, 15) is 0 Å². The van der Waals surface area contributed by atoms with Gasteiger partial charge in [-0.2, -0.15) is 0 Å². The van der Waals surface area contributed by atoms with Gasteiger partial charge in [-0.15, -0.1) is 35.1 Å². The summed E-state index contributed by atoms with van der Waals surface area (Å²) in [5, 5.41) is 0. The molecule has 15 heavy (non-hydrogen) atoms. The van der Waals surface area contributed by atoms with Gasteiger partial charge < -0.3 is 0 Å². The van der Waals surface area contributed by atoms with Crippen LogP contribution in [0.5, 0.6) is 0 Å². The molecule has 0 radical (unpaired) electrons. The molecule has 0 spiro atoms. The van der Waals surface area contributed by atoms with Gasteiger partial charge in [0.2, 0.25) is 0 Å². The molecule has 0 saturated carbocycles. The smallest absolute Gasteiger partial charge is 0.0788 e. The lowest BCUT2D eigenvalue weighted by atomic mass is 10.1. The SMILES string of the molecule is CCC(Cl)(CC)C1Sc2ccccc2S1. The summed E-state index contributed by atoms with van der Waals surface area (Å²) in [5.74, 6) is 0. The molecule has 0 aliphatic carbocycles. The van der Waals surface area contributed by atoms with Gasteiger partial charge in [0.05, 0.1) is 9.46 Å². The third kappa shape index (κ3) is 2.17. The van der Waals surface area contributed by atoms with Crippen molar-refractivity contribution in [2.45, 2.75) is 45.9 Å². The maximum atomic E-state index is 6.66. The number of hydrogen-bond donors (Lipinski definition) is 0. The predicted molar refractivity (Wildman–Crippen MR) is 71.1 cm³/mol. The molecule has 0 amide bonds. The molecule has 2 rings (SSSR count). The Morgan fingerprint density at radius 3 is 2.00 bits per heavy atom. The summed E-state index contributed by atoms with van der Waals surface area (Å²) in [6, 6.07) is 8.58. The van der Waals surface area contributed by atoms with E-state index in [1.165, 1.54) is 9.79 Å². The van der Waals surface area contributed by atoms with E-state index in [1.54, 1.807) is 0 Å². The van der Waals surface area contributed by atoms with Crippen LogP contribution in [0, 0.1) is 0 Å². The van der Waals surface area contributed by atoms with Crippen molar-refractivity contribution in [3.63, 3.8) is 0 Å². The Bertz CT molecular complexity index is 322. The van der Waals surface area contributed by atoms with Crippen LogP contribution in [-0.2, 0) is 0 Å². The minimum Gasteiger partial charge on any atom is -0.117 e. The summed E-state index contributed by atoms with van der Waals surface area (Å²) in [6.45, 7) is 4.36. The minimum atomic E-state index is -0.0612. The number of rotatable bonds is 3. The van der Waals surface area contributed by atoms with Gasteiger partial charge in [0, 0.05) is 9.79 Å². The molecule has 0 saturated heterocycles. The first-order valence-corrected chi connectivity index (χ1v) is 7.44. The topological polar surface area (TPSA) is 0 Å². The van der Waals surface area contributed by atoms with Crippen LogP contribution in [0.3, 0.4) is 0 Å². The van der Waals surface area contributed by atoms with Crippen molar-refractivity contribution in [2.75, 3.05) is 0 Å². The molecule has 1 aliphatic heterocycles. The highest BCUT2D eigenvalue weighted by Crippen LogP contribution is 2.55. The van der Waals surface area contributed by atoms with Crippen LogP contribution in [0.2, 0.25) is 0 Å². The van der Waals surface area contributed by atoms with Gasteiger partial charge in [0.25, 0.3) is 0 Å². The fraction of sp³-hybridized carbons (Fsp3) is 0.500. The first kappa shape index (κ1) is 11.7. The van der Waals surface area contributed by atoms with Gasteiger partial charge in [-0.3, -0.25) is 0 Å². The molecule has 0 atom stereocenters. The summed E-state index contributed by atoms with van der Waals surface area (Å²) < 4.78 is 0.464. The Hall–Kier alpha value is 0.210. The molecule has 1 aromatic carbocycles. The lowest BCUT2D eigenvalue weighted by Gasteiger charge is -2.29. The Labute approximate surface area is 105 Å². The highest BCUT2D eigenvalue weighted by molar-refractivity contribution is 8.19. The first-order valence-electron chi connectivity index (χ1n) is 5.31. The Balaban J connectivity index is 2.19. The summed E-state index contributed by atoms with van der Waals surface area (Å²) >= 11 is 10.5. The summed E-state index contributed by atoms with van der Waals surface area (Å²) in [6.07, 6.45) is 2.06. The van der Waals surface area contributed by atoms with Crippen molar-refractivity contribution >= 4 is 35.1 Å². The van der Waals surface area contributed by atoms with Crippen molar-refractivity contribution in [3.05, 3.63) is 24.3 Å². The van der Waals surface area contributed by atoms with E-state index < -0.39 is 0 Å². The number of hydrogen-bond acceptors (Lipinski definition) is 2. The molecule has 82 valence electrons. The standard InChI is InChI=1S/C12H15ClS2/c1-3-12(13,4-2)11-14-9-7-5-6-8-10(9)15-11/h5-8,11H,3-4H2,1-2H3. The van der Waals surface area contributed by atoms with Gasteiger partial charge >= 0.3 is 0 Å². The van der Waals surface area contributed by atoms with Crippen molar-refractivity contribution in [1.29, 1.82) is 0 Å². The van der Waals surface area contributed by atoms with Crippen molar-refractivity contribution in [3.8, 4) is 0 Å². The van der Waals surface area contributed by atoms with E-state index in [1.807, 2.05) is 23.5 Å². The monoisotopic (exact) mass is 258 g/mol. The lowest BCUT2D eigenvalue weighted by Crippen LogP contribution is -2.29. The zero-order chi connectivity index (χ0) is 10.9. The second kappa shape index (κ2) is 4.60. The van der Waals surface area contributed by atoms with E-state index in [0.29, 0.717) is 4.58 Å². The van der Waals surface area contributed by atoms with E-state index >= 15 is 0 Å². The number of alkyl halides is 1. The molecule has 1 aliphatic rings. The molecule has 0 aromatic heterocycles. The molecule has 1 heterocycles. The highest BCUT2D eigenvalue weighted by Gasteiger charge is 2.39. The van der Waals surface area contributed by atoms with Crippen LogP contribution < -0.4 is 0 Å². The third-order valence-electron chi connectivity index (χ3n) is 2.92. The molecular formula is C12H15ClS2. The molecule has 0 unspecified atom stereocenters. The van der Waals surface area contributed by atoms with Gasteiger partial charge in [0.15, 0.2) is 0 Å². The third-order valence-corrected chi connectivity index (χ3v) is 7.18. The molecule has 3 heteroatoms. The Kier molecular flexibility index (Phi) is 3.59. The summed E-state index contributed by atoms with van der Waals surface area (Å²) in [7, 11) is 0. The van der Waals surface area contributed by atoms with Crippen LogP contribution in [0.4, 0.5) is 0 Å². The quantitative estimate of drug-likeness (QED) is 0.699. The van der Waals surface area contributed by atoms with Gasteiger partial charge in [-0.05, 0) is 25.0 Å². The number of benzene rings is 1. The minimum absolute atomic E-state index is 0.0612. The fourth-order valence-corrected chi connectivity index (χ4v) is 5.30. The predicted octanol–water partition coefficient (Wildman–Crippen LogP) is 5.01. The molecule has 0 N–H and O–H groups in total. The maximum Gasteiger partial charge on any atom is 0.0788 e. The number of halogens is 1. The normalized spacial score (nSPS) is 16.7. The van der Waals surface area contributed by atoms with Gasteiger partial charge in [-0.25, -0.2) is 0 Å². The first-order chi connectivity index (χ1) is 7.19. The zero-order valence-electron chi connectivity index (χ0n) is 9.00. The van der Waals surface area contributed by atoms with Gasteiger partial charge in [-0.1, -0.05) is 26.0 Å². The lowest BCUT2D eigenvalue weighted by molar-refractivity contribution is 0.579. The Morgan fingerprint density at radius 2 is 1.60 bits per heavy atom. The molecule has 0 fully saturated rings. The van der Waals surface area contributed by atoms with E-state index in [2.05, 4.69) is 38.1 Å².